The van der Waals surface area contributed by atoms with Crippen LogP contribution in [0.3, 0.4) is 0 Å². The van der Waals surface area contributed by atoms with Crippen LogP contribution < -0.4 is 4.90 Å². The van der Waals surface area contributed by atoms with Gasteiger partial charge in [-0.25, -0.2) is 0 Å². The Hall–Kier alpha value is -4.95. The fourth-order valence-corrected chi connectivity index (χ4v) is 8.18. The van der Waals surface area contributed by atoms with Crippen LogP contribution in [0.25, 0.3) is 51.5 Å². The van der Waals surface area contributed by atoms with E-state index in [4.69, 9.17) is 0 Å². The molecule has 2 nitrogen and oxygen atoms in total. The van der Waals surface area contributed by atoms with E-state index in [9.17, 15) is 5.26 Å². The van der Waals surface area contributed by atoms with E-state index in [2.05, 4.69) is 120 Å². The molecule has 0 aliphatic rings. The molecule has 8 aromatic rings. The third-order valence-corrected chi connectivity index (χ3v) is 10.1. The van der Waals surface area contributed by atoms with E-state index >= 15 is 0 Å². The molecule has 0 fully saturated rings. The van der Waals surface area contributed by atoms with Gasteiger partial charge in [0, 0.05) is 36.6 Å². The first kappa shape index (κ1) is 23.9. The average molecular weight is 559 g/mol. The Balaban J connectivity index is 1.37. The molecular weight excluding hydrogens is 537 g/mol. The molecule has 0 atom stereocenters. The van der Waals surface area contributed by atoms with Crippen molar-refractivity contribution < 1.29 is 0 Å². The van der Waals surface area contributed by atoms with Crippen molar-refractivity contribution in [3.05, 3.63) is 139 Å². The van der Waals surface area contributed by atoms with Crippen LogP contribution in [0.1, 0.15) is 5.56 Å². The maximum absolute atomic E-state index is 9.20. The normalized spacial score (nSPS) is 11.4. The van der Waals surface area contributed by atoms with Crippen molar-refractivity contribution >= 4 is 80.1 Å². The number of fused-ring (bicyclic) bond motifs is 6. The van der Waals surface area contributed by atoms with Gasteiger partial charge in [-0.3, -0.25) is 0 Å². The van der Waals surface area contributed by atoms with Gasteiger partial charge < -0.3 is 4.90 Å². The predicted molar refractivity (Wildman–Crippen MR) is 177 cm³/mol. The molecule has 0 N–H and O–H groups in total. The monoisotopic (exact) mass is 558 g/mol. The molecule has 41 heavy (non-hydrogen) atoms. The number of hydrogen-bond donors (Lipinski definition) is 0. The number of anilines is 3. The second kappa shape index (κ2) is 9.60. The molecule has 2 aromatic heterocycles. The third-order valence-electron chi connectivity index (χ3n) is 7.72. The smallest absolute Gasteiger partial charge is 0.0991 e. The van der Waals surface area contributed by atoms with E-state index in [1.165, 1.54) is 51.7 Å². The van der Waals surface area contributed by atoms with E-state index in [1.54, 1.807) is 0 Å². The second-order valence-corrected chi connectivity index (χ2v) is 12.2. The highest BCUT2D eigenvalue weighted by Gasteiger charge is 2.21. The minimum Gasteiger partial charge on any atom is -0.308 e. The van der Waals surface area contributed by atoms with Crippen molar-refractivity contribution in [3.63, 3.8) is 0 Å². The Labute approximate surface area is 245 Å². The van der Waals surface area contributed by atoms with Crippen LogP contribution in [0.5, 0.6) is 0 Å². The summed E-state index contributed by atoms with van der Waals surface area (Å²) in [5.74, 6) is 0. The molecule has 0 spiro atoms. The lowest BCUT2D eigenvalue weighted by molar-refractivity contribution is 1.32. The summed E-state index contributed by atoms with van der Waals surface area (Å²) in [5.41, 5.74) is 6.36. The number of benzene rings is 6. The number of hydrogen-bond acceptors (Lipinski definition) is 4. The highest BCUT2D eigenvalue weighted by Crippen LogP contribution is 2.48. The van der Waals surface area contributed by atoms with Crippen LogP contribution in [-0.4, -0.2) is 0 Å². The van der Waals surface area contributed by atoms with Crippen LogP contribution in [0, 0.1) is 11.3 Å². The molecule has 0 bridgehead atoms. The number of nitrogens with zero attached hydrogens (tertiary/aromatic N) is 2. The van der Waals surface area contributed by atoms with Crippen LogP contribution in [0.15, 0.2) is 133 Å². The molecule has 8 rings (SSSR count). The minimum atomic E-state index is 0.671. The van der Waals surface area contributed by atoms with Crippen LogP contribution in [0.4, 0.5) is 17.1 Å². The van der Waals surface area contributed by atoms with Gasteiger partial charge in [-0.05, 0) is 59.7 Å². The minimum absolute atomic E-state index is 0.671. The van der Waals surface area contributed by atoms with E-state index in [1.807, 2.05) is 46.9 Å². The molecule has 0 radical (unpaired) electrons. The fraction of sp³-hybridized carbons (Fsp3) is 0. The van der Waals surface area contributed by atoms with Gasteiger partial charge in [-0.1, -0.05) is 84.9 Å². The number of rotatable bonds is 4. The molecule has 0 aliphatic carbocycles. The SMILES string of the molecule is N#Cc1ccc(-c2ccc(N(c3cccc4c3sc3ccccc34)c3cccc4c3sc3ccccc34)cc2)cc1. The van der Waals surface area contributed by atoms with Gasteiger partial charge in [-0.2, -0.15) is 5.26 Å². The van der Waals surface area contributed by atoms with Crippen LogP contribution >= 0.6 is 22.7 Å². The molecule has 6 aromatic carbocycles. The molecular formula is C37H22N2S2. The van der Waals surface area contributed by atoms with Gasteiger partial charge in [-0.15, -0.1) is 22.7 Å². The number of thiophene rings is 2. The van der Waals surface area contributed by atoms with Gasteiger partial charge >= 0.3 is 0 Å². The molecule has 4 heteroatoms. The first-order valence-electron chi connectivity index (χ1n) is 13.5. The van der Waals surface area contributed by atoms with Crippen molar-refractivity contribution in [1.29, 1.82) is 5.26 Å². The molecule has 0 saturated carbocycles. The molecule has 0 saturated heterocycles. The predicted octanol–water partition coefficient (Wildman–Crippen LogP) is 11.4. The summed E-state index contributed by atoms with van der Waals surface area (Å²) in [7, 11) is 0. The Morgan fingerprint density at radius 3 is 1.44 bits per heavy atom. The van der Waals surface area contributed by atoms with Gasteiger partial charge in [0.2, 0.25) is 0 Å². The lowest BCUT2D eigenvalue weighted by Crippen LogP contribution is -2.10. The Morgan fingerprint density at radius 1 is 0.463 bits per heavy atom. The van der Waals surface area contributed by atoms with Crippen LogP contribution in [-0.2, 0) is 0 Å². The fourth-order valence-electron chi connectivity index (χ4n) is 5.76. The maximum Gasteiger partial charge on any atom is 0.0991 e. The van der Waals surface area contributed by atoms with Crippen molar-refractivity contribution in [2.75, 3.05) is 4.90 Å². The summed E-state index contributed by atoms with van der Waals surface area (Å²) in [6.07, 6.45) is 0. The maximum atomic E-state index is 9.20. The molecule has 0 aliphatic heterocycles. The van der Waals surface area contributed by atoms with Crippen molar-refractivity contribution in [2.45, 2.75) is 0 Å². The molecule has 0 unspecified atom stereocenters. The highest BCUT2D eigenvalue weighted by molar-refractivity contribution is 7.27. The quantitative estimate of drug-likeness (QED) is 0.215. The van der Waals surface area contributed by atoms with E-state index in [-0.39, 0.29) is 0 Å². The second-order valence-electron chi connectivity index (χ2n) is 10.1. The summed E-state index contributed by atoms with van der Waals surface area (Å²) in [5, 5.41) is 14.4. The lowest BCUT2D eigenvalue weighted by Gasteiger charge is -2.27. The summed E-state index contributed by atoms with van der Waals surface area (Å²) in [4.78, 5) is 2.43. The summed E-state index contributed by atoms with van der Waals surface area (Å²) in [6, 6.07) is 49.5. The topological polar surface area (TPSA) is 27.0 Å². The third kappa shape index (κ3) is 3.90. The average Bonchev–Trinajstić information content (AvgIpc) is 3.61. The van der Waals surface area contributed by atoms with E-state index in [0.29, 0.717) is 5.56 Å². The number of nitriles is 1. The van der Waals surface area contributed by atoms with Gasteiger partial charge in [0.15, 0.2) is 0 Å². The standard InChI is InChI=1S/C37H22N2S2/c38-23-24-15-17-25(18-16-24)26-19-21-27(22-20-26)39(32-11-5-9-30-28-7-1-3-13-34(28)40-36(30)32)33-12-6-10-31-29-8-2-4-14-35(29)41-37(31)33/h1-22H. The molecule has 0 amide bonds. The zero-order valence-corrected chi connectivity index (χ0v) is 23.5. The van der Waals surface area contributed by atoms with Gasteiger partial charge in [0.25, 0.3) is 0 Å². The van der Waals surface area contributed by atoms with Gasteiger partial charge in [0.05, 0.1) is 32.4 Å². The van der Waals surface area contributed by atoms with Gasteiger partial charge in [0.1, 0.15) is 0 Å². The molecule has 192 valence electrons. The largest absolute Gasteiger partial charge is 0.308 e. The highest BCUT2D eigenvalue weighted by atomic mass is 32.1. The first-order chi connectivity index (χ1) is 20.3. The summed E-state index contributed by atoms with van der Waals surface area (Å²) in [6.45, 7) is 0. The lowest BCUT2D eigenvalue weighted by atomic mass is 10.0. The summed E-state index contributed by atoms with van der Waals surface area (Å²) >= 11 is 3.71. The Kier molecular flexibility index (Phi) is 5.60. The molecule has 2 heterocycles. The zero-order valence-electron chi connectivity index (χ0n) is 21.9. The zero-order chi connectivity index (χ0) is 27.3. The van der Waals surface area contributed by atoms with Crippen molar-refractivity contribution in [2.24, 2.45) is 0 Å². The van der Waals surface area contributed by atoms with Crippen molar-refractivity contribution in [1.82, 2.24) is 0 Å². The van der Waals surface area contributed by atoms with Crippen molar-refractivity contribution in [3.8, 4) is 17.2 Å². The first-order valence-corrected chi connectivity index (χ1v) is 15.1. The van der Waals surface area contributed by atoms with E-state index in [0.717, 1.165) is 16.8 Å². The Bertz CT molecular complexity index is 2150. The Morgan fingerprint density at radius 2 is 0.927 bits per heavy atom. The summed E-state index contributed by atoms with van der Waals surface area (Å²) < 4.78 is 5.16. The van der Waals surface area contributed by atoms with Crippen LogP contribution in [0.2, 0.25) is 0 Å². The van der Waals surface area contributed by atoms with E-state index < -0.39 is 0 Å².